The van der Waals surface area contributed by atoms with Crippen LogP contribution in [0.1, 0.15) is 31.4 Å². The maximum absolute atomic E-state index is 13.3. The maximum atomic E-state index is 13.3. The van der Waals surface area contributed by atoms with Crippen molar-refractivity contribution in [3.63, 3.8) is 0 Å². The molecule has 0 heterocycles. The van der Waals surface area contributed by atoms with Crippen molar-refractivity contribution in [2.45, 2.75) is 57.3 Å². The minimum absolute atomic E-state index is 0.0291. The molecule has 2 aromatic rings. The minimum atomic E-state index is -1.28. The Balaban J connectivity index is 2.20. The van der Waals surface area contributed by atoms with E-state index in [9.17, 15) is 34.5 Å². The molecule has 4 atom stereocenters. The molecule has 0 spiro atoms. The van der Waals surface area contributed by atoms with Gasteiger partial charge in [0, 0.05) is 12.8 Å². The van der Waals surface area contributed by atoms with Crippen molar-refractivity contribution >= 4 is 23.7 Å². The average molecular weight is 529 g/mol. The number of aliphatic hydroxyl groups is 1. The molecule has 0 aromatic heterocycles. The van der Waals surface area contributed by atoms with Gasteiger partial charge in [-0.25, -0.2) is 4.79 Å². The summed E-state index contributed by atoms with van der Waals surface area (Å²) >= 11 is 0. The molecule has 0 aliphatic heterocycles. The van der Waals surface area contributed by atoms with Crippen LogP contribution >= 0.6 is 0 Å². The number of benzene rings is 2. The lowest BCUT2D eigenvalue weighted by Gasteiger charge is -2.26. The number of carboxylic acids is 1. The van der Waals surface area contributed by atoms with E-state index in [-0.39, 0.29) is 30.9 Å². The van der Waals surface area contributed by atoms with Crippen molar-refractivity contribution < 1.29 is 34.5 Å². The summed E-state index contributed by atoms with van der Waals surface area (Å²) in [6.07, 6.45) is 0.284. The van der Waals surface area contributed by atoms with Crippen LogP contribution in [0.2, 0.25) is 0 Å². The molecule has 11 heteroatoms. The van der Waals surface area contributed by atoms with Gasteiger partial charge in [-0.1, -0.05) is 56.3 Å². The van der Waals surface area contributed by atoms with Gasteiger partial charge in [-0.3, -0.25) is 14.4 Å². The summed E-state index contributed by atoms with van der Waals surface area (Å²) in [5, 5.41) is 36.0. The molecule has 3 amide bonds. The first-order chi connectivity index (χ1) is 18.0. The fourth-order valence-corrected chi connectivity index (χ4v) is 3.74. The molecule has 2 aromatic carbocycles. The summed E-state index contributed by atoms with van der Waals surface area (Å²) in [7, 11) is 0. The van der Waals surface area contributed by atoms with E-state index >= 15 is 0 Å². The molecular formula is C27H36N4O7. The Morgan fingerprint density at radius 2 is 1.26 bits per heavy atom. The number of hydrogen-bond donors (Lipinski definition) is 7. The molecule has 0 bridgehead atoms. The van der Waals surface area contributed by atoms with E-state index in [1.54, 1.807) is 42.5 Å². The summed E-state index contributed by atoms with van der Waals surface area (Å²) in [6, 6.07) is 10.2. The van der Waals surface area contributed by atoms with Crippen LogP contribution in [0, 0.1) is 5.92 Å². The van der Waals surface area contributed by atoms with Crippen LogP contribution < -0.4 is 21.7 Å². The smallest absolute Gasteiger partial charge is 0.326 e. The zero-order chi connectivity index (χ0) is 28.2. The molecule has 0 aliphatic carbocycles. The number of phenolic OH excluding ortho intramolecular Hbond substituents is 1. The first-order valence-electron chi connectivity index (χ1n) is 12.3. The number of aromatic hydroxyl groups is 1. The average Bonchev–Trinajstić information content (AvgIpc) is 2.88. The van der Waals surface area contributed by atoms with Gasteiger partial charge in [-0.05, 0) is 35.6 Å². The van der Waals surface area contributed by atoms with Gasteiger partial charge < -0.3 is 37.0 Å². The number of aliphatic hydroxyl groups excluding tert-OH is 1. The zero-order valence-corrected chi connectivity index (χ0v) is 21.5. The fraction of sp³-hybridized carbons (Fsp3) is 0.407. The van der Waals surface area contributed by atoms with Crippen molar-refractivity contribution in [1.29, 1.82) is 0 Å². The number of phenols is 1. The van der Waals surface area contributed by atoms with Crippen LogP contribution in [0.15, 0.2) is 54.6 Å². The highest BCUT2D eigenvalue weighted by atomic mass is 16.4. The monoisotopic (exact) mass is 528 g/mol. The molecule has 0 saturated heterocycles. The summed E-state index contributed by atoms with van der Waals surface area (Å²) in [5.74, 6) is -3.33. The van der Waals surface area contributed by atoms with Gasteiger partial charge >= 0.3 is 5.97 Å². The van der Waals surface area contributed by atoms with E-state index in [1.807, 2.05) is 13.8 Å². The Morgan fingerprint density at radius 1 is 0.763 bits per heavy atom. The molecular weight excluding hydrogens is 492 g/mol. The molecule has 8 N–H and O–H groups in total. The third-order valence-corrected chi connectivity index (χ3v) is 5.78. The number of carbonyl (C=O) groups excluding carboxylic acids is 3. The van der Waals surface area contributed by atoms with Crippen LogP contribution in [0.4, 0.5) is 0 Å². The molecule has 0 radical (unpaired) electrons. The van der Waals surface area contributed by atoms with Crippen molar-refractivity contribution in [1.82, 2.24) is 16.0 Å². The van der Waals surface area contributed by atoms with Gasteiger partial charge in [0.05, 0.1) is 6.61 Å². The number of hydrogen-bond acceptors (Lipinski definition) is 7. The Labute approximate surface area is 221 Å². The molecule has 38 heavy (non-hydrogen) atoms. The lowest BCUT2D eigenvalue weighted by molar-refractivity contribution is -0.142. The second kappa shape index (κ2) is 14.7. The molecule has 0 aliphatic rings. The number of amides is 3. The summed E-state index contributed by atoms with van der Waals surface area (Å²) < 4.78 is 0. The van der Waals surface area contributed by atoms with Crippen molar-refractivity contribution in [2.75, 3.05) is 6.61 Å². The predicted molar refractivity (Wildman–Crippen MR) is 140 cm³/mol. The summed E-state index contributed by atoms with van der Waals surface area (Å²) in [6.45, 7) is 3.09. The minimum Gasteiger partial charge on any atom is -0.508 e. The van der Waals surface area contributed by atoms with Gasteiger partial charge in [-0.15, -0.1) is 0 Å². The largest absolute Gasteiger partial charge is 0.508 e. The first kappa shape index (κ1) is 30.3. The fourth-order valence-electron chi connectivity index (χ4n) is 3.74. The van der Waals surface area contributed by atoms with Crippen LogP contribution in [0.25, 0.3) is 0 Å². The Hall–Kier alpha value is -3.96. The van der Waals surface area contributed by atoms with E-state index in [0.717, 1.165) is 5.56 Å². The summed E-state index contributed by atoms with van der Waals surface area (Å²) in [4.78, 5) is 50.7. The highest BCUT2D eigenvalue weighted by molar-refractivity contribution is 5.94. The Kier molecular flexibility index (Phi) is 11.7. The number of carbonyl (C=O) groups is 4. The molecule has 0 saturated carbocycles. The van der Waals surface area contributed by atoms with Crippen LogP contribution in [0.5, 0.6) is 5.75 Å². The Bertz CT molecular complexity index is 1080. The van der Waals surface area contributed by atoms with Crippen molar-refractivity contribution in [3.8, 4) is 5.75 Å². The molecule has 4 unspecified atom stereocenters. The number of carboxylic acid groups (broad SMARTS) is 1. The standard InChI is InChI=1S/C27H36N4O7/c1-16(2)12-21(25(35)31-23(27(37)38)14-18-8-10-19(33)11-9-18)30-26(36)22(29-24(34)20(28)15-32)13-17-6-4-3-5-7-17/h3-11,16,20-23,32-33H,12-15,28H2,1-2H3,(H,29,34)(H,30,36)(H,31,35)(H,37,38). The highest BCUT2D eigenvalue weighted by Crippen LogP contribution is 2.13. The summed E-state index contributed by atoms with van der Waals surface area (Å²) in [5.41, 5.74) is 6.94. The topological polar surface area (TPSA) is 191 Å². The molecule has 206 valence electrons. The highest BCUT2D eigenvalue weighted by Gasteiger charge is 2.31. The normalized spacial score (nSPS) is 14.1. The lowest BCUT2D eigenvalue weighted by atomic mass is 10.00. The third kappa shape index (κ3) is 9.83. The number of rotatable bonds is 14. The van der Waals surface area contributed by atoms with Crippen molar-refractivity contribution in [2.24, 2.45) is 11.7 Å². The second-order valence-electron chi connectivity index (χ2n) is 9.50. The number of aliphatic carboxylic acids is 1. The van der Waals surface area contributed by atoms with E-state index in [4.69, 9.17) is 5.73 Å². The molecule has 11 nitrogen and oxygen atoms in total. The maximum Gasteiger partial charge on any atom is 0.326 e. The van der Waals surface area contributed by atoms with E-state index in [1.165, 1.54) is 12.1 Å². The lowest BCUT2D eigenvalue weighted by Crippen LogP contribution is -2.58. The first-order valence-corrected chi connectivity index (χ1v) is 12.3. The Morgan fingerprint density at radius 3 is 1.82 bits per heavy atom. The van der Waals surface area contributed by atoms with Gasteiger partial charge in [0.25, 0.3) is 0 Å². The van der Waals surface area contributed by atoms with Gasteiger partial charge in [-0.2, -0.15) is 0 Å². The van der Waals surface area contributed by atoms with E-state index in [2.05, 4.69) is 16.0 Å². The van der Waals surface area contributed by atoms with Gasteiger partial charge in [0.15, 0.2) is 0 Å². The SMILES string of the molecule is CC(C)CC(NC(=O)C(Cc1ccccc1)NC(=O)C(N)CO)C(=O)NC(Cc1ccc(O)cc1)C(=O)O. The van der Waals surface area contributed by atoms with Gasteiger partial charge in [0.1, 0.15) is 29.9 Å². The van der Waals surface area contributed by atoms with Crippen LogP contribution in [-0.4, -0.2) is 69.8 Å². The zero-order valence-electron chi connectivity index (χ0n) is 21.5. The van der Waals surface area contributed by atoms with Crippen LogP contribution in [-0.2, 0) is 32.0 Å². The quantitative estimate of drug-likeness (QED) is 0.179. The predicted octanol–water partition coefficient (Wildman–Crippen LogP) is 0.0821. The molecule has 2 rings (SSSR count). The number of nitrogens with one attached hydrogen (secondary N) is 3. The third-order valence-electron chi connectivity index (χ3n) is 5.78. The number of nitrogens with two attached hydrogens (primary N) is 1. The van der Waals surface area contributed by atoms with E-state index in [0.29, 0.717) is 5.56 Å². The van der Waals surface area contributed by atoms with Crippen LogP contribution in [0.3, 0.4) is 0 Å². The van der Waals surface area contributed by atoms with Crippen molar-refractivity contribution in [3.05, 3.63) is 65.7 Å². The molecule has 0 fully saturated rings. The van der Waals surface area contributed by atoms with E-state index < -0.39 is 54.5 Å². The van der Waals surface area contributed by atoms with Gasteiger partial charge in [0.2, 0.25) is 17.7 Å². The second-order valence-corrected chi connectivity index (χ2v) is 9.50.